The van der Waals surface area contributed by atoms with Crippen molar-refractivity contribution in [3.63, 3.8) is 0 Å². The van der Waals surface area contributed by atoms with Crippen LogP contribution in [0.3, 0.4) is 0 Å². The van der Waals surface area contributed by atoms with Crippen molar-refractivity contribution < 1.29 is 4.79 Å². The smallest absolute Gasteiger partial charge is 0.253 e. The summed E-state index contributed by atoms with van der Waals surface area (Å²) in [6.07, 6.45) is 3.48. The third-order valence-corrected chi connectivity index (χ3v) is 4.82. The van der Waals surface area contributed by atoms with Crippen LogP contribution in [0.5, 0.6) is 0 Å². The topological polar surface area (TPSA) is 83.8 Å². The summed E-state index contributed by atoms with van der Waals surface area (Å²) in [6.45, 7) is 0. The number of amides is 1. The molecule has 0 bridgehead atoms. The molecule has 1 heterocycles. The number of imidazole rings is 1. The maximum absolute atomic E-state index is 12.6. The molecular formula is C17H15BrN4O. The van der Waals surface area contributed by atoms with Gasteiger partial charge in [-0.25, -0.2) is 4.98 Å². The van der Waals surface area contributed by atoms with Crippen LogP contribution in [0.1, 0.15) is 33.9 Å². The fourth-order valence-electron chi connectivity index (χ4n) is 3.15. The van der Waals surface area contributed by atoms with Crippen LogP contribution in [0.15, 0.2) is 41.1 Å². The molecule has 116 valence electrons. The molecule has 1 aromatic heterocycles. The Hall–Kier alpha value is -2.34. The molecule has 4 rings (SSSR count). The van der Waals surface area contributed by atoms with E-state index >= 15 is 0 Å². The fourth-order valence-corrected chi connectivity index (χ4v) is 3.53. The standard InChI is InChI=1S/C17H15BrN4O/c18-10-3-1-9-2-4-14(11(9)5-10)22-17(23)12-6-15-16(7-13(12)19)21-8-20-15/h1,3,5-8,14H,2,4,19H2,(H,20,21)(H,22,23)/t14-/m0/s1. The number of anilines is 1. The number of aromatic nitrogens is 2. The van der Waals surface area contributed by atoms with Gasteiger partial charge in [0.2, 0.25) is 0 Å². The number of aromatic amines is 1. The first-order valence-electron chi connectivity index (χ1n) is 7.43. The zero-order valence-corrected chi connectivity index (χ0v) is 13.9. The van der Waals surface area contributed by atoms with Crippen LogP contribution in [-0.4, -0.2) is 15.9 Å². The molecule has 1 atom stereocenters. The Morgan fingerprint density at radius 2 is 2.22 bits per heavy atom. The Morgan fingerprint density at radius 1 is 1.35 bits per heavy atom. The quantitative estimate of drug-likeness (QED) is 0.605. The van der Waals surface area contributed by atoms with Crippen molar-refractivity contribution in [2.24, 2.45) is 0 Å². The first-order chi connectivity index (χ1) is 11.1. The molecule has 0 radical (unpaired) electrons. The number of H-pyrrole nitrogens is 1. The molecule has 0 saturated carbocycles. The third-order valence-electron chi connectivity index (χ3n) is 4.33. The Balaban J connectivity index is 1.63. The number of aryl methyl sites for hydroxylation is 1. The van der Waals surface area contributed by atoms with E-state index < -0.39 is 0 Å². The van der Waals surface area contributed by atoms with Crippen LogP contribution < -0.4 is 11.1 Å². The number of benzene rings is 2. The van der Waals surface area contributed by atoms with E-state index in [1.807, 2.05) is 6.07 Å². The van der Waals surface area contributed by atoms with E-state index in [1.165, 1.54) is 11.1 Å². The highest BCUT2D eigenvalue weighted by molar-refractivity contribution is 9.10. The fraction of sp³-hybridized carbons (Fsp3) is 0.176. The minimum absolute atomic E-state index is 0.0202. The largest absolute Gasteiger partial charge is 0.398 e. The average Bonchev–Trinajstić information content (AvgIpc) is 3.13. The van der Waals surface area contributed by atoms with Gasteiger partial charge in [0.15, 0.2) is 0 Å². The van der Waals surface area contributed by atoms with Crippen LogP contribution in [0.25, 0.3) is 11.0 Å². The van der Waals surface area contributed by atoms with Crippen LogP contribution in [-0.2, 0) is 6.42 Å². The highest BCUT2D eigenvalue weighted by Crippen LogP contribution is 2.33. The van der Waals surface area contributed by atoms with Crippen LogP contribution in [0, 0.1) is 0 Å². The maximum Gasteiger partial charge on any atom is 0.253 e. The number of nitrogens with zero attached hydrogens (tertiary/aromatic N) is 1. The van der Waals surface area contributed by atoms with Crippen LogP contribution in [0.2, 0.25) is 0 Å². The van der Waals surface area contributed by atoms with E-state index in [9.17, 15) is 4.79 Å². The first kappa shape index (κ1) is 14.3. The minimum Gasteiger partial charge on any atom is -0.398 e. The van der Waals surface area contributed by atoms with Gasteiger partial charge in [-0.15, -0.1) is 0 Å². The summed E-state index contributed by atoms with van der Waals surface area (Å²) >= 11 is 3.49. The Morgan fingerprint density at radius 3 is 3.09 bits per heavy atom. The molecule has 1 amide bonds. The summed E-state index contributed by atoms with van der Waals surface area (Å²) in [6, 6.07) is 9.72. The highest BCUT2D eigenvalue weighted by atomic mass is 79.9. The molecule has 0 unspecified atom stereocenters. The van der Waals surface area contributed by atoms with Gasteiger partial charge in [-0.1, -0.05) is 22.0 Å². The van der Waals surface area contributed by atoms with Gasteiger partial charge in [-0.2, -0.15) is 0 Å². The lowest BCUT2D eigenvalue weighted by atomic mass is 10.1. The van der Waals surface area contributed by atoms with E-state index in [4.69, 9.17) is 5.73 Å². The number of nitrogens with one attached hydrogen (secondary N) is 2. The average molecular weight is 371 g/mol. The van der Waals surface area contributed by atoms with Crippen LogP contribution in [0.4, 0.5) is 5.69 Å². The molecule has 4 N–H and O–H groups in total. The lowest BCUT2D eigenvalue weighted by Gasteiger charge is -2.15. The van der Waals surface area contributed by atoms with Crippen molar-refractivity contribution in [1.82, 2.24) is 15.3 Å². The van der Waals surface area contributed by atoms with E-state index in [1.54, 1.807) is 18.5 Å². The Bertz CT molecular complexity index is 918. The zero-order chi connectivity index (χ0) is 16.0. The molecule has 1 aliphatic carbocycles. The van der Waals surface area contributed by atoms with Gasteiger partial charge in [0.1, 0.15) is 0 Å². The molecular weight excluding hydrogens is 356 g/mol. The van der Waals surface area contributed by atoms with Crippen LogP contribution >= 0.6 is 15.9 Å². The lowest BCUT2D eigenvalue weighted by molar-refractivity contribution is 0.0937. The van der Waals surface area contributed by atoms with Crippen molar-refractivity contribution in [2.75, 3.05) is 5.73 Å². The number of halogens is 1. The number of carbonyl (C=O) groups excluding carboxylic acids is 1. The second-order valence-electron chi connectivity index (χ2n) is 5.77. The van der Waals surface area contributed by atoms with Crippen molar-refractivity contribution >= 4 is 38.6 Å². The summed E-state index contributed by atoms with van der Waals surface area (Å²) in [7, 11) is 0. The normalized spacial score (nSPS) is 16.5. The van der Waals surface area contributed by atoms with E-state index in [-0.39, 0.29) is 11.9 Å². The van der Waals surface area contributed by atoms with Crippen molar-refractivity contribution in [1.29, 1.82) is 0 Å². The lowest BCUT2D eigenvalue weighted by Crippen LogP contribution is -2.27. The summed E-state index contributed by atoms with van der Waals surface area (Å²) < 4.78 is 1.02. The number of nitrogen functional groups attached to an aromatic ring is 1. The summed E-state index contributed by atoms with van der Waals surface area (Å²) in [5, 5.41) is 3.10. The van der Waals surface area contributed by atoms with Gasteiger partial charge in [-0.05, 0) is 48.2 Å². The predicted molar refractivity (Wildman–Crippen MR) is 93.2 cm³/mol. The molecule has 0 spiro atoms. The number of fused-ring (bicyclic) bond motifs is 2. The molecule has 23 heavy (non-hydrogen) atoms. The van der Waals surface area contributed by atoms with Gasteiger partial charge in [0.05, 0.1) is 29.0 Å². The van der Waals surface area contributed by atoms with Crippen molar-refractivity contribution in [3.05, 3.63) is 57.8 Å². The van der Waals surface area contributed by atoms with Crippen molar-refractivity contribution in [3.8, 4) is 0 Å². The summed E-state index contributed by atoms with van der Waals surface area (Å²) in [5.74, 6) is -0.156. The molecule has 1 aliphatic rings. The Labute approximate surface area is 141 Å². The highest BCUT2D eigenvalue weighted by Gasteiger charge is 2.25. The van der Waals surface area contributed by atoms with E-state index in [0.29, 0.717) is 11.3 Å². The third kappa shape index (κ3) is 2.49. The monoisotopic (exact) mass is 370 g/mol. The second kappa shape index (κ2) is 5.38. The SMILES string of the molecule is Nc1cc2nc[nH]c2cc1C(=O)N[C@H]1CCc2ccc(Br)cc21. The summed E-state index contributed by atoms with van der Waals surface area (Å²) in [4.78, 5) is 19.8. The van der Waals surface area contributed by atoms with E-state index in [2.05, 4.69) is 43.3 Å². The maximum atomic E-state index is 12.6. The number of nitrogens with two attached hydrogens (primary N) is 1. The zero-order valence-electron chi connectivity index (χ0n) is 12.3. The van der Waals surface area contributed by atoms with Gasteiger partial charge in [0, 0.05) is 10.2 Å². The molecule has 6 heteroatoms. The predicted octanol–water partition coefficient (Wildman–Crippen LogP) is 3.32. The molecule has 0 fully saturated rings. The number of hydrogen-bond acceptors (Lipinski definition) is 3. The molecule has 2 aromatic carbocycles. The molecule has 5 nitrogen and oxygen atoms in total. The minimum atomic E-state index is -0.156. The molecule has 0 aliphatic heterocycles. The van der Waals surface area contributed by atoms with E-state index in [0.717, 1.165) is 28.3 Å². The number of carbonyl (C=O) groups is 1. The van der Waals surface area contributed by atoms with Gasteiger partial charge < -0.3 is 16.0 Å². The Kier molecular flexibility index (Phi) is 3.34. The molecule has 3 aromatic rings. The summed E-state index contributed by atoms with van der Waals surface area (Å²) in [5.41, 5.74) is 11.0. The second-order valence-corrected chi connectivity index (χ2v) is 6.68. The van der Waals surface area contributed by atoms with Gasteiger partial charge in [0.25, 0.3) is 5.91 Å². The first-order valence-corrected chi connectivity index (χ1v) is 8.23. The number of rotatable bonds is 2. The van der Waals surface area contributed by atoms with Crippen molar-refractivity contribution in [2.45, 2.75) is 18.9 Å². The van der Waals surface area contributed by atoms with Gasteiger partial charge in [-0.3, -0.25) is 4.79 Å². The molecule has 0 saturated heterocycles. The van der Waals surface area contributed by atoms with Gasteiger partial charge >= 0.3 is 0 Å². The number of hydrogen-bond donors (Lipinski definition) is 3.